The van der Waals surface area contributed by atoms with Crippen LogP contribution in [0.1, 0.15) is 36.5 Å². The molecule has 0 unspecified atom stereocenters. The predicted octanol–water partition coefficient (Wildman–Crippen LogP) is 3.27. The molecule has 0 saturated carbocycles. The van der Waals surface area contributed by atoms with Crippen LogP contribution in [0.25, 0.3) is 0 Å². The van der Waals surface area contributed by atoms with Crippen LogP contribution in [-0.4, -0.2) is 12.6 Å². The molecule has 1 aliphatic rings. The minimum atomic E-state index is -4.29. The molecule has 0 radical (unpaired) electrons. The Morgan fingerprint density at radius 3 is 2.39 bits per heavy atom. The Kier molecular flexibility index (Phi) is 3.92. The second kappa shape index (κ2) is 5.28. The van der Waals surface area contributed by atoms with Crippen molar-refractivity contribution in [3.8, 4) is 0 Å². The van der Waals surface area contributed by atoms with Crippen LogP contribution in [0.15, 0.2) is 24.3 Å². The predicted molar refractivity (Wildman–Crippen MR) is 62.0 cm³/mol. The van der Waals surface area contributed by atoms with Crippen LogP contribution in [0, 0.1) is 0 Å². The maximum atomic E-state index is 12.4. The third kappa shape index (κ3) is 3.03. The van der Waals surface area contributed by atoms with E-state index in [9.17, 15) is 13.2 Å². The Morgan fingerprint density at radius 1 is 1.17 bits per heavy atom. The molecule has 2 nitrogen and oxygen atoms in total. The van der Waals surface area contributed by atoms with Crippen LogP contribution in [0.4, 0.5) is 13.2 Å². The van der Waals surface area contributed by atoms with Crippen LogP contribution >= 0.6 is 0 Å². The van der Waals surface area contributed by atoms with E-state index >= 15 is 0 Å². The molecule has 2 rings (SSSR count). The number of hydrogen-bond acceptors (Lipinski definition) is 2. The Bertz CT molecular complexity index is 388. The van der Waals surface area contributed by atoms with Crippen LogP contribution < -0.4 is 5.73 Å². The smallest absolute Gasteiger partial charge is 0.369 e. The maximum absolute atomic E-state index is 12.4. The monoisotopic (exact) mass is 259 g/mol. The molecule has 0 aliphatic carbocycles. The average Bonchev–Trinajstić information content (AvgIpc) is 2.38. The standard InChI is InChI=1S/C13H16F3NO/c14-13(15,16)10-6-4-9(5-7-10)12-3-1-2-11(8-17)18-12/h4-7,11-12H,1-3,8,17H2/t11-,12+/m1/s1. The second-order valence-corrected chi connectivity index (χ2v) is 4.53. The minimum Gasteiger partial charge on any atom is -0.369 e. The van der Waals surface area contributed by atoms with Gasteiger partial charge in [-0.2, -0.15) is 13.2 Å². The Hall–Kier alpha value is -1.07. The molecule has 0 aromatic heterocycles. The molecule has 0 amide bonds. The second-order valence-electron chi connectivity index (χ2n) is 4.53. The van der Waals surface area contributed by atoms with Gasteiger partial charge in [-0.05, 0) is 37.0 Å². The lowest BCUT2D eigenvalue weighted by Gasteiger charge is -2.29. The van der Waals surface area contributed by atoms with Gasteiger partial charge < -0.3 is 10.5 Å². The molecule has 1 aliphatic heterocycles. The van der Waals surface area contributed by atoms with Crippen LogP contribution in [0.3, 0.4) is 0 Å². The summed E-state index contributed by atoms with van der Waals surface area (Å²) in [6, 6.07) is 5.19. The summed E-state index contributed by atoms with van der Waals surface area (Å²) in [5.74, 6) is 0. The first-order valence-corrected chi connectivity index (χ1v) is 6.03. The van der Waals surface area contributed by atoms with Crippen molar-refractivity contribution in [3.63, 3.8) is 0 Å². The van der Waals surface area contributed by atoms with E-state index in [4.69, 9.17) is 10.5 Å². The summed E-state index contributed by atoms with van der Waals surface area (Å²) >= 11 is 0. The molecule has 1 heterocycles. The van der Waals surface area contributed by atoms with E-state index in [0.717, 1.165) is 37.0 Å². The van der Waals surface area contributed by atoms with Gasteiger partial charge in [0.15, 0.2) is 0 Å². The van der Waals surface area contributed by atoms with Crippen LogP contribution in [0.2, 0.25) is 0 Å². The summed E-state index contributed by atoms with van der Waals surface area (Å²) in [4.78, 5) is 0. The number of benzene rings is 1. The van der Waals surface area contributed by atoms with Gasteiger partial charge in [0.1, 0.15) is 0 Å². The van der Waals surface area contributed by atoms with Gasteiger partial charge in [0, 0.05) is 6.54 Å². The number of alkyl halides is 3. The highest BCUT2D eigenvalue weighted by Crippen LogP contribution is 2.34. The number of nitrogens with two attached hydrogens (primary N) is 1. The normalized spacial score (nSPS) is 25.1. The fourth-order valence-corrected chi connectivity index (χ4v) is 2.20. The van der Waals surface area contributed by atoms with Gasteiger partial charge in [0.05, 0.1) is 17.8 Å². The van der Waals surface area contributed by atoms with Crippen molar-refractivity contribution in [2.75, 3.05) is 6.54 Å². The summed E-state index contributed by atoms with van der Waals surface area (Å²) in [5, 5.41) is 0. The van der Waals surface area contributed by atoms with E-state index in [1.54, 1.807) is 0 Å². The van der Waals surface area contributed by atoms with Gasteiger partial charge >= 0.3 is 6.18 Å². The van der Waals surface area contributed by atoms with E-state index < -0.39 is 11.7 Å². The number of ether oxygens (including phenoxy) is 1. The zero-order valence-corrected chi connectivity index (χ0v) is 9.91. The van der Waals surface area contributed by atoms with Crippen LogP contribution in [-0.2, 0) is 10.9 Å². The van der Waals surface area contributed by atoms with Crippen molar-refractivity contribution >= 4 is 0 Å². The van der Waals surface area contributed by atoms with Gasteiger partial charge in [0.25, 0.3) is 0 Å². The molecule has 2 N–H and O–H groups in total. The average molecular weight is 259 g/mol. The van der Waals surface area contributed by atoms with E-state index in [1.165, 1.54) is 12.1 Å². The van der Waals surface area contributed by atoms with E-state index in [1.807, 2.05) is 0 Å². The first kappa shape index (κ1) is 13.4. The molecule has 1 saturated heterocycles. The molecule has 1 fully saturated rings. The van der Waals surface area contributed by atoms with E-state index in [2.05, 4.69) is 0 Å². The lowest BCUT2D eigenvalue weighted by Crippen LogP contribution is -2.29. The molecular weight excluding hydrogens is 243 g/mol. The summed E-state index contributed by atoms with van der Waals surface area (Å²) in [6.45, 7) is 0.455. The van der Waals surface area contributed by atoms with Crippen molar-refractivity contribution < 1.29 is 17.9 Å². The molecule has 2 atom stereocenters. The van der Waals surface area contributed by atoms with Crippen molar-refractivity contribution in [2.45, 2.75) is 37.6 Å². The highest BCUT2D eigenvalue weighted by atomic mass is 19.4. The van der Waals surface area contributed by atoms with Gasteiger partial charge in [-0.1, -0.05) is 12.1 Å². The lowest BCUT2D eigenvalue weighted by molar-refractivity contribution is -0.137. The highest BCUT2D eigenvalue weighted by Gasteiger charge is 2.30. The molecule has 1 aromatic carbocycles. The number of halogens is 3. The summed E-state index contributed by atoms with van der Waals surface area (Å²) in [6.07, 6.45) is -1.64. The SMILES string of the molecule is NC[C@H]1CCC[C@@H](c2ccc(C(F)(F)F)cc2)O1. The Morgan fingerprint density at radius 2 is 1.83 bits per heavy atom. The largest absolute Gasteiger partial charge is 0.416 e. The van der Waals surface area contributed by atoms with E-state index in [0.29, 0.717) is 6.54 Å². The first-order chi connectivity index (χ1) is 8.50. The summed E-state index contributed by atoms with van der Waals surface area (Å²) in [5.41, 5.74) is 5.72. The zero-order chi connectivity index (χ0) is 13.2. The molecule has 1 aromatic rings. The highest BCUT2D eigenvalue weighted by molar-refractivity contribution is 5.26. The van der Waals surface area contributed by atoms with Crippen molar-refractivity contribution in [1.82, 2.24) is 0 Å². The topological polar surface area (TPSA) is 35.2 Å². The molecule has 100 valence electrons. The molecule has 0 spiro atoms. The Labute approximate surface area is 104 Å². The van der Waals surface area contributed by atoms with E-state index in [-0.39, 0.29) is 12.2 Å². The number of hydrogen-bond donors (Lipinski definition) is 1. The van der Waals surface area contributed by atoms with Gasteiger partial charge in [-0.3, -0.25) is 0 Å². The van der Waals surface area contributed by atoms with Crippen molar-refractivity contribution in [1.29, 1.82) is 0 Å². The third-order valence-corrected chi connectivity index (χ3v) is 3.22. The fourth-order valence-electron chi connectivity index (χ4n) is 2.20. The zero-order valence-electron chi connectivity index (χ0n) is 9.91. The molecule has 5 heteroatoms. The van der Waals surface area contributed by atoms with Gasteiger partial charge in [-0.25, -0.2) is 0 Å². The number of rotatable bonds is 2. The first-order valence-electron chi connectivity index (χ1n) is 6.03. The van der Waals surface area contributed by atoms with Crippen LogP contribution in [0.5, 0.6) is 0 Å². The fraction of sp³-hybridized carbons (Fsp3) is 0.538. The van der Waals surface area contributed by atoms with Crippen molar-refractivity contribution in [3.05, 3.63) is 35.4 Å². The summed E-state index contributed by atoms with van der Waals surface area (Å²) in [7, 11) is 0. The maximum Gasteiger partial charge on any atom is 0.416 e. The van der Waals surface area contributed by atoms with Gasteiger partial charge in [0.2, 0.25) is 0 Å². The third-order valence-electron chi connectivity index (χ3n) is 3.22. The Balaban J connectivity index is 2.09. The lowest BCUT2D eigenvalue weighted by atomic mass is 9.97. The minimum absolute atomic E-state index is 0.0195. The summed E-state index contributed by atoms with van der Waals surface area (Å²) < 4.78 is 43.0. The van der Waals surface area contributed by atoms with Gasteiger partial charge in [-0.15, -0.1) is 0 Å². The quantitative estimate of drug-likeness (QED) is 0.884. The molecule has 18 heavy (non-hydrogen) atoms. The van der Waals surface area contributed by atoms with Crippen molar-refractivity contribution in [2.24, 2.45) is 5.73 Å². The molecular formula is C13H16F3NO. The molecule has 0 bridgehead atoms.